The summed E-state index contributed by atoms with van der Waals surface area (Å²) < 4.78 is 5.38. The lowest BCUT2D eigenvalue weighted by atomic mass is 9.95. The highest BCUT2D eigenvalue weighted by Gasteiger charge is 2.30. The van der Waals surface area contributed by atoms with Crippen LogP contribution in [0.3, 0.4) is 0 Å². The van der Waals surface area contributed by atoms with Crippen LogP contribution in [0.1, 0.15) is 71.9 Å². The Hall–Kier alpha value is -4.52. The first-order valence-electron chi connectivity index (χ1n) is 16.5. The van der Waals surface area contributed by atoms with Gasteiger partial charge in [0.2, 0.25) is 5.91 Å². The standard InChI is InChI=1S/C38H47N5O4/c1-5-35(37(45)41-23-26(2)3)40-24-32(18-27-12-7-6-8-13-27)42-36(44)30-19-29(34-16-10-9-14-28(34)22-39)20-31(21-30)38(46)43-17-11-15-33(43)25-47-4/h6-10,12-14,16,19-21,26,32-33,35,40H,5,11,15,17-18,23-25H2,1-4H3,(H,41,45)(H,42,44)/t32-,33+,35-/m0/s1. The molecule has 0 unspecified atom stereocenters. The SMILES string of the molecule is CC[C@H](NC[C@H](Cc1ccccc1)NC(=O)c1cc(C(=O)N2CCC[C@@H]2COC)cc(-c2ccccc2C#N)c1)C(=O)NCC(C)C. The second-order valence-corrected chi connectivity index (χ2v) is 12.6. The van der Waals surface area contributed by atoms with Gasteiger partial charge in [0.25, 0.3) is 11.8 Å². The average molecular weight is 638 g/mol. The lowest BCUT2D eigenvalue weighted by molar-refractivity contribution is -0.123. The topological polar surface area (TPSA) is 124 Å². The number of hydrogen-bond acceptors (Lipinski definition) is 6. The van der Waals surface area contributed by atoms with Gasteiger partial charge in [0.05, 0.1) is 30.3 Å². The van der Waals surface area contributed by atoms with Crippen LogP contribution >= 0.6 is 0 Å². The van der Waals surface area contributed by atoms with E-state index < -0.39 is 6.04 Å². The van der Waals surface area contributed by atoms with E-state index >= 15 is 0 Å². The van der Waals surface area contributed by atoms with Gasteiger partial charge >= 0.3 is 0 Å². The quantitative estimate of drug-likeness (QED) is 0.217. The van der Waals surface area contributed by atoms with Crippen LogP contribution in [0, 0.1) is 17.2 Å². The van der Waals surface area contributed by atoms with Crippen molar-refractivity contribution in [3.05, 3.63) is 95.1 Å². The Balaban J connectivity index is 1.65. The molecule has 3 aromatic carbocycles. The lowest BCUT2D eigenvalue weighted by Crippen LogP contribution is -2.50. The van der Waals surface area contributed by atoms with Gasteiger partial charge in [-0.15, -0.1) is 0 Å². The van der Waals surface area contributed by atoms with Gasteiger partial charge in [-0.25, -0.2) is 0 Å². The van der Waals surface area contributed by atoms with Gasteiger partial charge in [0.1, 0.15) is 0 Å². The maximum Gasteiger partial charge on any atom is 0.254 e. The molecule has 9 heteroatoms. The van der Waals surface area contributed by atoms with Gasteiger partial charge < -0.3 is 25.6 Å². The third kappa shape index (κ3) is 9.74. The van der Waals surface area contributed by atoms with Crippen LogP contribution in [-0.4, -0.2) is 74.1 Å². The zero-order chi connectivity index (χ0) is 33.8. The Kier molecular flexibility index (Phi) is 13.1. The van der Waals surface area contributed by atoms with E-state index in [1.165, 1.54) is 0 Å². The molecule has 0 spiro atoms. The van der Waals surface area contributed by atoms with E-state index in [0.717, 1.165) is 18.4 Å². The van der Waals surface area contributed by atoms with E-state index in [0.29, 0.717) is 72.8 Å². The van der Waals surface area contributed by atoms with Crippen LogP contribution in [-0.2, 0) is 16.0 Å². The predicted octanol–water partition coefficient (Wildman–Crippen LogP) is 4.96. The molecule has 1 aliphatic heterocycles. The van der Waals surface area contributed by atoms with Crippen molar-refractivity contribution in [1.29, 1.82) is 5.26 Å². The molecule has 47 heavy (non-hydrogen) atoms. The van der Waals surface area contributed by atoms with E-state index in [-0.39, 0.29) is 29.8 Å². The van der Waals surface area contributed by atoms with Gasteiger partial charge in [-0.2, -0.15) is 5.26 Å². The Morgan fingerprint density at radius 1 is 1.00 bits per heavy atom. The molecule has 248 valence electrons. The molecule has 1 saturated heterocycles. The number of methoxy groups -OCH3 is 1. The fourth-order valence-corrected chi connectivity index (χ4v) is 5.98. The maximum absolute atomic E-state index is 14.0. The molecule has 3 N–H and O–H groups in total. The molecule has 0 aromatic heterocycles. The van der Waals surface area contributed by atoms with Crippen molar-refractivity contribution >= 4 is 17.7 Å². The minimum absolute atomic E-state index is 0.0367. The summed E-state index contributed by atoms with van der Waals surface area (Å²) in [6, 6.07) is 23.6. The van der Waals surface area contributed by atoms with Crippen molar-refractivity contribution < 1.29 is 19.1 Å². The predicted molar refractivity (Wildman–Crippen MR) is 184 cm³/mol. The van der Waals surface area contributed by atoms with E-state index in [9.17, 15) is 19.6 Å². The van der Waals surface area contributed by atoms with E-state index in [4.69, 9.17) is 4.74 Å². The summed E-state index contributed by atoms with van der Waals surface area (Å²) in [5.41, 5.74) is 3.47. The summed E-state index contributed by atoms with van der Waals surface area (Å²) in [7, 11) is 1.63. The first-order chi connectivity index (χ1) is 22.7. The molecular formula is C38H47N5O4. The number of nitrogens with zero attached hydrogens (tertiary/aromatic N) is 2. The van der Waals surface area contributed by atoms with Gasteiger partial charge in [0.15, 0.2) is 0 Å². The number of nitrogens with one attached hydrogen (secondary N) is 3. The molecule has 9 nitrogen and oxygen atoms in total. The Bertz CT molecular complexity index is 1550. The number of carbonyl (C=O) groups is 3. The van der Waals surface area contributed by atoms with Crippen molar-refractivity contribution in [2.45, 2.75) is 64.6 Å². The molecule has 1 aliphatic rings. The van der Waals surface area contributed by atoms with E-state index in [2.05, 4.69) is 35.9 Å². The third-order valence-corrected chi connectivity index (χ3v) is 8.48. The molecule has 1 fully saturated rings. The second kappa shape index (κ2) is 17.4. The van der Waals surface area contributed by atoms with Crippen LogP contribution in [0.25, 0.3) is 11.1 Å². The summed E-state index contributed by atoms with van der Waals surface area (Å²) in [5.74, 6) is -0.238. The summed E-state index contributed by atoms with van der Waals surface area (Å²) >= 11 is 0. The van der Waals surface area contributed by atoms with Crippen molar-refractivity contribution in [3.63, 3.8) is 0 Å². The minimum atomic E-state index is -0.403. The first kappa shape index (κ1) is 35.3. The molecule has 3 atom stereocenters. The summed E-state index contributed by atoms with van der Waals surface area (Å²) in [4.78, 5) is 42.6. The molecule has 4 rings (SSSR count). The summed E-state index contributed by atoms with van der Waals surface area (Å²) in [6.45, 7) is 8.07. The van der Waals surface area contributed by atoms with Crippen molar-refractivity contribution in [2.24, 2.45) is 5.92 Å². The Morgan fingerprint density at radius 2 is 1.72 bits per heavy atom. The summed E-state index contributed by atoms with van der Waals surface area (Å²) in [6.07, 6.45) is 2.87. The van der Waals surface area contributed by atoms with Gasteiger partial charge in [-0.1, -0.05) is 69.3 Å². The second-order valence-electron chi connectivity index (χ2n) is 12.6. The number of hydrogen-bond donors (Lipinski definition) is 3. The van der Waals surface area contributed by atoms with E-state index in [1.54, 1.807) is 37.4 Å². The average Bonchev–Trinajstić information content (AvgIpc) is 3.55. The number of rotatable bonds is 15. The van der Waals surface area contributed by atoms with Crippen molar-refractivity contribution in [3.8, 4) is 17.2 Å². The van der Waals surface area contributed by atoms with Crippen LogP contribution < -0.4 is 16.0 Å². The highest BCUT2D eigenvalue weighted by atomic mass is 16.5. The highest BCUT2D eigenvalue weighted by molar-refractivity contribution is 6.02. The van der Waals surface area contributed by atoms with Crippen molar-refractivity contribution in [2.75, 3.05) is 33.4 Å². The first-order valence-corrected chi connectivity index (χ1v) is 16.5. The summed E-state index contributed by atoms with van der Waals surface area (Å²) in [5, 5.41) is 19.4. The zero-order valence-corrected chi connectivity index (χ0v) is 27.9. The van der Waals surface area contributed by atoms with Crippen LogP contribution in [0.2, 0.25) is 0 Å². The van der Waals surface area contributed by atoms with Gasteiger partial charge in [-0.05, 0) is 72.6 Å². The Morgan fingerprint density at radius 3 is 2.43 bits per heavy atom. The number of amides is 3. The molecule has 3 aromatic rings. The van der Waals surface area contributed by atoms with Gasteiger partial charge in [0, 0.05) is 43.9 Å². The molecule has 0 bridgehead atoms. The molecule has 0 aliphatic carbocycles. The van der Waals surface area contributed by atoms with Crippen LogP contribution in [0.15, 0.2) is 72.8 Å². The number of ether oxygens (including phenoxy) is 1. The number of benzene rings is 3. The molecular weight excluding hydrogens is 590 g/mol. The van der Waals surface area contributed by atoms with Crippen molar-refractivity contribution in [1.82, 2.24) is 20.9 Å². The highest BCUT2D eigenvalue weighted by Crippen LogP contribution is 2.28. The van der Waals surface area contributed by atoms with Gasteiger partial charge in [-0.3, -0.25) is 14.4 Å². The smallest absolute Gasteiger partial charge is 0.254 e. The number of carbonyl (C=O) groups excluding carboxylic acids is 3. The van der Waals surface area contributed by atoms with Crippen LogP contribution in [0.4, 0.5) is 0 Å². The molecule has 1 heterocycles. The minimum Gasteiger partial charge on any atom is -0.383 e. The zero-order valence-electron chi connectivity index (χ0n) is 27.9. The molecule has 0 radical (unpaired) electrons. The lowest BCUT2D eigenvalue weighted by Gasteiger charge is -2.25. The van der Waals surface area contributed by atoms with Crippen LogP contribution in [0.5, 0.6) is 0 Å². The largest absolute Gasteiger partial charge is 0.383 e. The fourth-order valence-electron chi connectivity index (χ4n) is 5.98. The molecule has 0 saturated carbocycles. The molecule has 3 amide bonds. The third-order valence-electron chi connectivity index (χ3n) is 8.48. The van der Waals surface area contributed by atoms with E-state index in [1.807, 2.05) is 54.3 Å². The maximum atomic E-state index is 14.0. The fraction of sp³-hybridized carbons (Fsp3) is 0.421. The Labute approximate surface area is 278 Å². The monoisotopic (exact) mass is 637 g/mol. The number of nitriles is 1. The normalized spacial score (nSPS) is 15.6. The number of likely N-dealkylation sites (tertiary alicyclic amines) is 1.